The average Bonchev–Trinajstić information content (AvgIpc) is 3.13. The van der Waals surface area contributed by atoms with Crippen LogP contribution in [0.1, 0.15) is 11.3 Å². The molecule has 0 bridgehead atoms. The molecular weight excluding hydrogens is 304 g/mol. The SMILES string of the molecule is Cc1[nH]c2ccccc2c1SCC(=O)N1CCc2ccccc21. The number of amides is 1. The Balaban J connectivity index is 1.53. The number of benzene rings is 2. The van der Waals surface area contributed by atoms with E-state index in [-0.39, 0.29) is 5.91 Å². The smallest absolute Gasteiger partial charge is 0.237 e. The van der Waals surface area contributed by atoms with Gasteiger partial charge in [-0.15, -0.1) is 11.8 Å². The van der Waals surface area contributed by atoms with Crippen LogP contribution in [0.15, 0.2) is 53.4 Å². The van der Waals surface area contributed by atoms with E-state index in [1.165, 1.54) is 15.8 Å². The number of rotatable bonds is 3. The van der Waals surface area contributed by atoms with E-state index < -0.39 is 0 Å². The molecule has 4 heteroatoms. The molecule has 2 aromatic carbocycles. The lowest BCUT2D eigenvalue weighted by atomic mass is 10.2. The second kappa shape index (κ2) is 5.78. The van der Waals surface area contributed by atoms with Crippen LogP contribution in [0.4, 0.5) is 5.69 Å². The van der Waals surface area contributed by atoms with Crippen LogP contribution in [0.5, 0.6) is 0 Å². The van der Waals surface area contributed by atoms with Gasteiger partial charge in [-0.2, -0.15) is 0 Å². The van der Waals surface area contributed by atoms with Gasteiger partial charge in [0.15, 0.2) is 0 Å². The molecule has 0 aliphatic carbocycles. The van der Waals surface area contributed by atoms with Gasteiger partial charge >= 0.3 is 0 Å². The lowest BCUT2D eigenvalue weighted by Gasteiger charge is -2.17. The Bertz CT molecular complexity index is 884. The first-order valence-electron chi connectivity index (χ1n) is 7.82. The van der Waals surface area contributed by atoms with Crippen molar-refractivity contribution in [2.24, 2.45) is 0 Å². The molecule has 1 aromatic heterocycles. The van der Waals surface area contributed by atoms with Crippen LogP contribution in [0.25, 0.3) is 10.9 Å². The number of carbonyl (C=O) groups excluding carboxylic acids is 1. The molecule has 0 unspecified atom stereocenters. The summed E-state index contributed by atoms with van der Waals surface area (Å²) in [5.41, 5.74) is 4.61. The number of H-pyrrole nitrogens is 1. The third-order valence-corrected chi connectivity index (χ3v) is 5.57. The molecule has 0 spiro atoms. The lowest BCUT2D eigenvalue weighted by Crippen LogP contribution is -2.30. The van der Waals surface area contributed by atoms with Gasteiger partial charge < -0.3 is 9.88 Å². The van der Waals surface area contributed by atoms with E-state index in [9.17, 15) is 4.79 Å². The molecule has 0 atom stereocenters. The highest BCUT2D eigenvalue weighted by atomic mass is 32.2. The van der Waals surface area contributed by atoms with Crippen molar-refractivity contribution >= 4 is 34.3 Å². The summed E-state index contributed by atoms with van der Waals surface area (Å²) in [7, 11) is 0. The molecule has 3 aromatic rings. The van der Waals surface area contributed by atoms with Crippen molar-refractivity contribution in [1.82, 2.24) is 4.98 Å². The van der Waals surface area contributed by atoms with Gasteiger partial charge in [0, 0.05) is 33.7 Å². The highest BCUT2D eigenvalue weighted by molar-refractivity contribution is 8.00. The normalized spacial score (nSPS) is 13.5. The number of fused-ring (bicyclic) bond motifs is 2. The van der Waals surface area contributed by atoms with Crippen LogP contribution < -0.4 is 4.90 Å². The predicted octanol–water partition coefficient (Wildman–Crippen LogP) is 4.16. The third-order valence-electron chi connectivity index (χ3n) is 4.36. The quantitative estimate of drug-likeness (QED) is 0.735. The Labute approximate surface area is 139 Å². The van der Waals surface area contributed by atoms with E-state index in [1.54, 1.807) is 11.8 Å². The summed E-state index contributed by atoms with van der Waals surface area (Å²) in [6.07, 6.45) is 0.957. The van der Waals surface area contributed by atoms with Crippen LogP contribution in [-0.4, -0.2) is 23.2 Å². The largest absolute Gasteiger partial charge is 0.358 e. The van der Waals surface area contributed by atoms with Crippen LogP contribution >= 0.6 is 11.8 Å². The fourth-order valence-electron chi connectivity index (χ4n) is 3.25. The molecule has 1 aliphatic heterocycles. The predicted molar refractivity (Wildman–Crippen MR) is 96.3 cm³/mol. The molecule has 4 rings (SSSR count). The second-order valence-electron chi connectivity index (χ2n) is 5.84. The van der Waals surface area contributed by atoms with E-state index >= 15 is 0 Å². The van der Waals surface area contributed by atoms with Crippen molar-refractivity contribution in [3.05, 3.63) is 59.8 Å². The zero-order valence-corrected chi connectivity index (χ0v) is 13.8. The van der Waals surface area contributed by atoms with Crippen molar-refractivity contribution in [3.63, 3.8) is 0 Å². The molecule has 0 radical (unpaired) electrons. The van der Waals surface area contributed by atoms with Gasteiger partial charge in [0.2, 0.25) is 5.91 Å². The van der Waals surface area contributed by atoms with Crippen molar-refractivity contribution in [1.29, 1.82) is 0 Å². The number of nitrogens with one attached hydrogen (secondary N) is 1. The van der Waals surface area contributed by atoms with Gasteiger partial charge in [-0.05, 0) is 31.0 Å². The maximum absolute atomic E-state index is 12.6. The number of aryl methyl sites for hydroxylation is 1. The summed E-state index contributed by atoms with van der Waals surface area (Å²) in [4.78, 5) is 19.1. The van der Waals surface area contributed by atoms with Crippen LogP contribution in [-0.2, 0) is 11.2 Å². The molecule has 1 amide bonds. The van der Waals surface area contributed by atoms with Gasteiger partial charge in [-0.1, -0.05) is 36.4 Å². The Morgan fingerprint density at radius 2 is 1.96 bits per heavy atom. The number of aromatic amines is 1. The summed E-state index contributed by atoms with van der Waals surface area (Å²) in [5.74, 6) is 0.654. The van der Waals surface area contributed by atoms with Crippen LogP contribution in [0.2, 0.25) is 0 Å². The number of nitrogens with zero attached hydrogens (tertiary/aromatic N) is 1. The van der Waals surface area contributed by atoms with Gasteiger partial charge in [0.25, 0.3) is 0 Å². The summed E-state index contributed by atoms with van der Waals surface area (Å²) in [6, 6.07) is 16.4. The van der Waals surface area contributed by atoms with E-state index in [4.69, 9.17) is 0 Å². The number of hydrogen-bond acceptors (Lipinski definition) is 2. The van der Waals surface area contributed by atoms with Gasteiger partial charge in [-0.3, -0.25) is 4.79 Å². The minimum Gasteiger partial charge on any atom is -0.358 e. The van der Waals surface area contributed by atoms with Crippen LogP contribution in [0.3, 0.4) is 0 Å². The zero-order chi connectivity index (χ0) is 15.8. The zero-order valence-electron chi connectivity index (χ0n) is 13.0. The maximum Gasteiger partial charge on any atom is 0.237 e. The minimum absolute atomic E-state index is 0.185. The number of aromatic nitrogens is 1. The Kier molecular flexibility index (Phi) is 3.62. The first-order valence-corrected chi connectivity index (χ1v) is 8.81. The summed E-state index contributed by atoms with van der Waals surface area (Å²) in [6.45, 7) is 2.86. The molecule has 0 saturated carbocycles. The fraction of sp³-hybridized carbons (Fsp3) is 0.211. The van der Waals surface area contributed by atoms with E-state index in [0.717, 1.165) is 29.9 Å². The summed E-state index contributed by atoms with van der Waals surface area (Å²) < 4.78 is 0. The van der Waals surface area contributed by atoms with Crippen molar-refractivity contribution < 1.29 is 4.79 Å². The lowest BCUT2D eigenvalue weighted by molar-refractivity contribution is -0.116. The van der Waals surface area contributed by atoms with Crippen molar-refractivity contribution in [3.8, 4) is 0 Å². The maximum atomic E-state index is 12.6. The van der Waals surface area contributed by atoms with E-state index in [2.05, 4.69) is 30.1 Å². The highest BCUT2D eigenvalue weighted by Crippen LogP contribution is 2.33. The molecule has 1 aliphatic rings. The molecule has 2 heterocycles. The number of thioether (sulfide) groups is 1. The molecule has 23 heavy (non-hydrogen) atoms. The number of hydrogen-bond donors (Lipinski definition) is 1. The van der Waals surface area contributed by atoms with Gasteiger partial charge in [0.05, 0.1) is 5.75 Å². The standard InChI is InChI=1S/C19H18N2OS/c1-13-19(15-7-3-4-8-16(15)20-13)23-12-18(22)21-11-10-14-6-2-5-9-17(14)21/h2-9,20H,10-12H2,1H3. The molecule has 116 valence electrons. The van der Waals surface area contributed by atoms with Crippen molar-refractivity contribution in [2.45, 2.75) is 18.2 Å². The Hall–Kier alpha value is -2.20. The molecular formula is C19H18N2OS. The van der Waals surface area contributed by atoms with E-state index in [0.29, 0.717) is 5.75 Å². The summed E-state index contributed by atoms with van der Waals surface area (Å²) in [5, 5.41) is 1.20. The molecule has 0 fully saturated rings. The number of carbonyl (C=O) groups is 1. The fourth-order valence-corrected chi connectivity index (χ4v) is 4.27. The average molecular weight is 322 g/mol. The Morgan fingerprint density at radius 3 is 2.87 bits per heavy atom. The number of para-hydroxylation sites is 2. The van der Waals surface area contributed by atoms with Crippen molar-refractivity contribution in [2.75, 3.05) is 17.2 Å². The van der Waals surface area contributed by atoms with E-state index in [1.807, 2.05) is 35.2 Å². The number of anilines is 1. The first-order chi connectivity index (χ1) is 11.2. The monoisotopic (exact) mass is 322 g/mol. The third kappa shape index (κ3) is 2.53. The summed E-state index contributed by atoms with van der Waals surface area (Å²) >= 11 is 1.63. The van der Waals surface area contributed by atoms with Crippen LogP contribution in [0, 0.1) is 6.92 Å². The Morgan fingerprint density at radius 1 is 1.17 bits per heavy atom. The molecule has 0 saturated heterocycles. The van der Waals surface area contributed by atoms with Gasteiger partial charge in [0.1, 0.15) is 0 Å². The topological polar surface area (TPSA) is 36.1 Å². The molecule has 1 N–H and O–H groups in total. The molecule has 3 nitrogen and oxygen atoms in total. The van der Waals surface area contributed by atoms with Gasteiger partial charge in [-0.25, -0.2) is 0 Å². The minimum atomic E-state index is 0.185. The highest BCUT2D eigenvalue weighted by Gasteiger charge is 2.24. The second-order valence-corrected chi connectivity index (χ2v) is 6.82. The first kappa shape index (κ1) is 14.4.